The van der Waals surface area contributed by atoms with E-state index in [-0.39, 0.29) is 2.85 Å². The predicted octanol–water partition coefficient (Wildman–Crippen LogP) is 3.62. The van der Waals surface area contributed by atoms with Crippen LogP contribution in [0.25, 0.3) is 0 Å². The highest BCUT2D eigenvalue weighted by atomic mass is 14.6. The zero-order chi connectivity index (χ0) is 9.52. The molecule has 13 heavy (non-hydrogen) atoms. The highest BCUT2D eigenvalue weighted by Crippen LogP contribution is 2.14. The fourth-order valence-electron chi connectivity index (χ4n) is 1.50. The monoisotopic (exact) mass is 179 g/mol. The molecule has 0 aromatic heterocycles. The van der Waals surface area contributed by atoms with Crippen molar-refractivity contribution in [2.45, 2.75) is 39.0 Å². The van der Waals surface area contributed by atoms with Crippen molar-refractivity contribution in [2.24, 2.45) is 0 Å². The van der Waals surface area contributed by atoms with E-state index in [0.717, 1.165) is 12.1 Å². The first kappa shape index (κ1) is 10.1. The average molecular weight is 179 g/mol. The van der Waals surface area contributed by atoms with Crippen molar-refractivity contribution in [3.8, 4) is 0 Å². The molecule has 0 amide bonds. The number of para-hydroxylation sites is 1. The number of aryl methyl sites for hydroxylation is 1. The number of unbranched alkanes of at least 4 members (excludes halogenated alkanes) is 3. The molecule has 0 radical (unpaired) electrons. The normalized spacial score (nSPS) is 10.2. The predicted molar refractivity (Wildman–Crippen MR) is 60.9 cm³/mol. The number of hydrogen-bond donors (Lipinski definition) is 1. The number of nitrogen functional groups attached to an aromatic ring is 1. The van der Waals surface area contributed by atoms with Crippen LogP contribution in [0.4, 0.5) is 5.69 Å². The summed E-state index contributed by atoms with van der Waals surface area (Å²) < 4.78 is 0. The van der Waals surface area contributed by atoms with E-state index in [1.165, 1.54) is 31.2 Å². The van der Waals surface area contributed by atoms with Gasteiger partial charge in [0.25, 0.3) is 0 Å². The van der Waals surface area contributed by atoms with Crippen LogP contribution in [0.1, 0.15) is 41.0 Å². The van der Waals surface area contributed by atoms with Crippen molar-refractivity contribution in [2.75, 3.05) is 5.73 Å². The van der Waals surface area contributed by atoms with E-state index in [2.05, 4.69) is 19.1 Å². The van der Waals surface area contributed by atoms with Gasteiger partial charge in [0, 0.05) is 5.69 Å². The van der Waals surface area contributed by atoms with Crippen molar-refractivity contribution in [3.63, 3.8) is 0 Å². The van der Waals surface area contributed by atoms with Gasteiger partial charge in [-0.25, -0.2) is 0 Å². The Morgan fingerprint density at radius 2 is 1.92 bits per heavy atom. The molecule has 1 aromatic rings. The third-order valence-electron chi connectivity index (χ3n) is 2.35. The Morgan fingerprint density at radius 1 is 1.15 bits per heavy atom. The second kappa shape index (κ2) is 5.63. The molecule has 0 bridgehead atoms. The molecule has 2 N–H and O–H groups in total. The second-order valence-electron chi connectivity index (χ2n) is 3.51. The van der Waals surface area contributed by atoms with Gasteiger partial charge in [-0.2, -0.15) is 0 Å². The molecule has 0 unspecified atom stereocenters. The highest BCUT2D eigenvalue weighted by Gasteiger charge is 1.96. The zero-order valence-corrected chi connectivity index (χ0v) is 8.42. The molecule has 0 aliphatic heterocycles. The van der Waals surface area contributed by atoms with Crippen LogP contribution in [-0.4, -0.2) is 0 Å². The summed E-state index contributed by atoms with van der Waals surface area (Å²) in [4.78, 5) is 0. The Morgan fingerprint density at radius 3 is 2.62 bits per heavy atom. The van der Waals surface area contributed by atoms with Gasteiger partial charge in [0.05, 0.1) is 0 Å². The smallest absolute Gasteiger partial charge is 0.399 e. The minimum atomic E-state index is 0. The van der Waals surface area contributed by atoms with E-state index in [1.54, 1.807) is 0 Å². The number of rotatable bonds is 5. The van der Waals surface area contributed by atoms with Crippen molar-refractivity contribution < 1.29 is 2.85 Å². The first-order chi connectivity index (χ1) is 6.34. The molecule has 1 nitrogen and oxygen atoms in total. The summed E-state index contributed by atoms with van der Waals surface area (Å²) >= 11 is 0. The second-order valence-corrected chi connectivity index (χ2v) is 3.51. The van der Waals surface area contributed by atoms with Crippen molar-refractivity contribution >= 4 is 5.69 Å². The van der Waals surface area contributed by atoms with Crippen LogP contribution in [0.15, 0.2) is 24.3 Å². The fraction of sp³-hybridized carbons (Fsp3) is 0.500. The molecule has 72 valence electrons. The van der Waals surface area contributed by atoms with Gasteiger partial charge in [-0.15, -0.1) is 0 Å². The molecule has 0 aliphatic carbocycles. The molecule has 0 atom stereocenters. The average Bonchev–Trinajstić information content (AvgIpc) is 2.15. The summed E-state index contributed by atoms with van der Waals surface area (Å²) in [7, 11) is 0. The molecule has 1 aromatic carbocycles. The molecule has 0 heterocycles. The summed E-state index contributed by atoms with van der Waals surface area (Å²) in [6, 6.07) is 8.16. The molecule has 0 aliphatic rings. The Bertz CT molecular complexity index is 251. The van der Waals surface area contributed by atoms with Crippen LogP contribution < -0.4 is 5.73 Å². The number of anilines is 1. The summed E-state index contributed by atoms with van der Waals surface area (Å²) in [5.74, 6) is 0. The lowest BCUT2D eigenvalue weighted by molar-refractivity contribution is 0.667. The Kier molecular flexibility index (Phi) is 4.37. The molecular weight excluding hydrogens is 158 g/mol. The van der Waals surface area contributed by atoms with E-state index in [4.69, 9.17) is 5.73 Å². The third kappa shape index (κ3) is 3.49. The lowest BCUT2D eigenvalue weighted by Crippen LogP contribution is -1.93. The maximum absolute atomic E-state index is 5.84. The van der Waals surface area contributed by atoms with Gasteiger partial charge in [0.1, 0.15) is 0 Å². The van der Waals surface area contributed by atoms with E-state index >= 15 is 0 Å². The van der Waals surface area contributed by atoms with Crippen LogP contribution in [-0.2, 0) is 6.42 Å². The van der Waals surface area contributed by atoms with E-state index in [0.29, 0.717) is 0 Å². The number of nitrogens with two attached hydrogens (primary N) is 1. The number of hydrogen-bond acceptors (Lipinski definition) is 1. The minimum Gasteiger partial charge on any atom is -0.399 e. The van der Waals surface area contributed by atoms with Crippen LogP contribution in [0, 0.1) is 0 Å². The summed E-state index contributed by atoms with van der Waals surface area (Å²) in [5, 5.41) is 0. The van der Waals surface area contributed by atoms with Gasteiger partial charge >= 0.3 is 2.85 Å². The lowest BCUT2D eigenvalue weighted by atomic mass is 10.1. The summed E-state index contributed by atoms with van der Waals surface area (Å²) in [5.41, 5.74) is 8.08. The molecule has 1 rings (SSSR count). The van der Waals surface area contributed by atoms with E-state index < -0.39 is 0 Å². The topological polar surface area (TPSA) is 26.0 Å². The van der Waals surface area contributed by atoms with Gasteiger partial charge < -0.3 is 5.73 Å². The Hall–Kier alpha value is -0.980. The number of benzene rings is 1. The molecule has 1 heteroatoms. The van der Waals surface area contributed by atoms with Crippen LogP contribution in [0.5, 0.6) is 0 Å². The molecule has 0 fully saturated rings. The van der Waals surface area contributed by atoms with E-state index in [1.807, 2.05) is 12.1 Å². The van der Waals surface area contributed by atoms with Gasteiger partial charge in [-0.3, -0.25) is 0 Å². The van der Waals surface area contributed by atoms with Crippen LogP contribution in [0.2, 0.25) is 0 Å². The Balaban J connectivity index is 0. The molecule has 0 saturated carbocycles. The summed E-state index contributed by atoms with van der Waals surface area (Å²) in [6.07, 6.45) is 6.36. The molecular formula is C12H21N+2. The van der Waals surface area contributed by atoms with E-state index in [9.17, 15) is 0 Å². The molecule has 0 saturated heterocycles. The van der Waals surface area contributed by atoms with Crippen molar-refractivity contribution in [1.29, 1.82) is 0 Å². The Labute approximate surface area is 83.9 Å². The maximum atomic E-state index is 5.84. The maximum Gasteiger partial charge on any atom is 1.00 e. The quantitative estimate of drug-likeness (QED) is 0.542. The third-order valence-corrected chi connectivity index (χ3v) is 2.35. The van der Waals surface area contributed by atoms with Crippen LogP contribution >= 0.6 is 0 Å². The van der Waals surface area contributed by atoms with Gasteiger partial charge in [-0.1, -0.05) is 44.4 Å². The zero-order valence-electron chi connectivity index (χ0n) is 10.4. The van der Waals surface area contributed by atoms with Crippen molar-refractivity contribution in [1.82, 2.24) is 0 Å². The first-order valence-electron chi connectivity index (χ1n) is 5.18. The fourth-order valence-corrected chi connectivity index (χ4v) is 1.50. The lowest BCUT2D eigenvalue weighted by Gasteiger charge is -2.04. The SMILES string of the molecule is CCCCCCc1ccccc1N.[H+].[H+]. The van der Waals surface area contributed by atoms with Gasteiger partial charge in [-0.05, 0) is 24.5 Å². The highest BCUT2D eigenvalue weighted by molar-refractivity contribution is 5.46. The van der Waals surface area contributed by atoms with Gasteiger partial charge in [0.2, 0.25) is 0 Å². The largest absolute Gasteiger partial charge is 1.00 e. The van der Waals surface area contributed by atoms with Crippen molar-refractivity contribution in [3.05, 3.63) is 29.8 Å². The standard InChI is InChI=1S/C12H19N/c1-2-3-4-5-8-11-9-6-7-10-12(11)13/h6-7,9-10H,2-5,8,13H2,1H3/p+2. The first-order valence-corrected chi connectivity index (χ1v) is 5.18. The van der Waals surface area contributed by atoms with Gasteiger partial charge in [0.15, 0.2) is 0 Å². The summed E-state index contributed by atoms with van der Waals surface area (Å²) in [6.45, 7) is 2.23. The van der Waals surface area contributed by atoms with Crippen LogP contribution in [0.3, 0.4) is 0 Å². The minimum absolute atomic E-state index is 0. The molecule has 0 spiro atoms.